The topological polar surface area (TPSA) is 32.3 Å². The van der Waals surface area contributed by atoms with Gasteiger partial charge in [0.1, 0.15) is 0 Å². The summed E-state index contributed by atoms with van der Waals surface area (Å²) < 4.78 is 0. The van der Waals surface area contributed by atoms with E-state index in [4.69, 9.17) is 0 Å². The zero-order valence-corrected chi connectivity index (χ0v) is 12.7. The average Bonchev–Trinajstić information content (AvgIpc) is 3.22. The highest BCUT2D eigenvalue weighted by Gasteiger charge is 2.27. The summed E-state index contributed by atoms with van der Waals surface area (Å²) in [6.07, 6.45) is 4.35. The summed E-state index contributed by atoms with van der Waals surface area (Å²) in [5.74, 6) is 0.144. The van der Waals surface area contributed by atoms with Crippen LogP contribution in [0, 0.1) is 0 Å². The van der Waals surface area contributed by atoms with E-state index in [1.807, 2.05) is 14.0 Å². The number of carbonyl (C=O) groups excluding carboxylic acids is 1. The van der Waals surface area contributed by atoms with Gasteiger partial charge in [0.25, 0.3) is 0 Å². The molecule has 4 heteroatoms. The van der Waals surface area contributed by atoms with Crippen molar-refractivity contribution >= 4 is 17.7 Å². The van der Waals surface area contributed by atoms with Gasteiger partial charge in [0.2, 0.25) is 5.91 Å². The van der Waals surface area contributed by atoms with Crippen LogP contribution in [0.2, 0.25) is 0 Å². The average molecular weight is 278 g/mol. The van der Waals surface area contributed by atoms with Crippen molar-refractivity contribution in [1.82, 2.24) is 10.2 Å². The van der Waals surface area contributed by atoms with Gasteiger partial charge < -0.3 is 5.32 Å². The van der Waals surface area contributed by atoms with Crippen molar-refractivity contribution in [3.05, 3.63) is 29.8 Å². The number of rotatable bonds is 6. The van der Waals surface area contributed by atoms with Gasteiger partial charge in [-0.2, -0.15) is 0 Å². The first kappa shape index (κ1) is 14.4. The number of hydrogen-bond acceptors (Lipinski definition) is 3. The first-order valence-electron chi connectivity index (χ1n) is 6.73. The second-order valence-corrected chi connectivity index (χ2v) is 6.10. The van der Waals surface area contributed by atoms with Crippen LogP contribution < -0.4 is 5.32 Å². The highest BCUT2D eigenvalue weighted by Crippen LogP contribution is 2.19. The first-order valence-corrected chi connectivity index (χ1v) is 7.96. The Morgan fingerprint density at radius 1 is 1.42 bits per heavy atom. The van der Waals surface area contributed by atoms with E-state index in [1.165, 1.54) is 10.5 Å². The van der Waals surface area contributed by atoms with Gasteiger partial charge in [-0.3, -0.25) is 9.69 Å². The van der Waals surface area contributed by atoms with Crippen molar-refractivity contribution in [2.24, 2.45) is 0 Å². The molecule has 0 spiro atoms. The number of benzene rings is 1. The highest BCUT2D eigenvalue weighted by molar-refractivity contribution is 7.98. The van der Waals surface area contributed by atoms with Crippen molar-refractivity contribution in [2.75, 3.05) is 13.3 Å². The molecule has 2 rings (SSSR count). The molecule has 0 saturated heterocycles. The normalized spacial score (nSPS) is 16.4. The SMILES string of the molecule is CSc1ccc(CN(C)[C@@H](C)C(=O)NC2CC2)cc1. The number of amides is 1. The molecule has 0 bridgehead atoms. The summed E-state index contributed by atoms with van der Waals surface area (Å²) in [6, 6.07) is 8.87. The Morgan fingerprint density at radius 3 is 2.58 bits per heavy atom. The Bertz CT molecular complexity index is 428. The second-order valence-electron chi connectivity index (χ2n) is 5.22. The molecule has 19 heavy (non-hydrogen) atoms. The van der Waals surface area contributed by atoms with E-state index < -0.39 is 0 Å². The van der Waals surface area contributed by atoms with E-state index in [0.29, 0.717) is 6.04 Å². The molecule has 104 valence electrons. The summed E-state index contributed by atoms with van der Waals surface area (Å²) in [6.45, 7) is 2.77. The predicted molar refractivity (Wildman–Crippen MR) is 80.3 cm³/mol. The number of nitrogens with one attached hydrogen (secondary N) is 1. The van der Waals surface area contributed by atoms with Crippen LogP contribution in [-0.2, 0) is 11.3 Å². The van der Waals surface area contributed by atoms with Crippen molar-refractivity contribution < 1.29 is 4.79 Å². The maximum Gasteiger partial charge on any atom is 0.237 e. The second kappa shape index (κ2) is 6.44. The van der Waals surface area contributed by atoms with Gasteiger partial charge in [-0.1, -0.05) is 12.1 Å². The van der Waals surface area contributed by atoms with Crippen LogP contribution in [0.25, 0.3) is 0 Å². The molecule has 0 aromatic heterocycles. The van der Waals surface area contributed by atoms with Gasteiger partial charge in [0, 0.05) is 17.5 Å². The smallest absolute Gasteiger partial charge is 0.237 e. The largest absolute Gasteiger partial charge is 0.352 e. The summed E-state index contributed by atoms with van der Waals surface area (Å²) in [4.78, 5) is 15.3. The molecular formula is C15H22N2OS. The molecule has 0 unspecified atom stereocenters. The fourth-order valence-electron chi connectivity index (χ4n) is 1.91. The summed E-state index contributed by atoms with van der Waals surface area (Å²) in [5, 5.41) is 3.05. The Morgan fingerprint density at radius 2 is 2.05 bits per heavy atom. The quantitative estimate of drug-likeness (QED) is 0.812. The lowest BCUT2D eigenvalue weighted by molar-refractivity contribution is -0.125. The third-order valence-corrected chi connectivity index (χ3v) is 4.30. The third-order valence-electron chi connectivity index (χ3n) is 3.56. The maximum absolute atomic E-state index is 12.0. The molecule has 0 aliphatic heterocycles. The van der Waals surface area contributed by atoms with Crippen LogP contribution in [0.4, 0.5) is 0 Å². The molecular weight excluding hydrogens is 256 g/mol. The van der Waals surface area contributed by atoms with E-state index >= 15 is 0 Å². The predicted octanol–water partition coefficient (Wildman–Crippen LogP) is 2.51. The molecule has 1 saturated carbocycles. The van der Waals surface area contributed by atoms with E-state index in [-0.39, 0.29) is 11.9 Å². The van der Waals surface area contributed by atoms with Gasteiger partial charge in [-0.25, -0.2) is 0 Å². The van der Waals surface area contributed by atoms with Crippen LogP contribution in [0.5, 0.6) is 0 Å². The number of carbonyl (C=O) groups is 1. The molecule has 1 atom stereocenters. The standard InChI is InChI=1S/C15H22N2OS/c1-11(15(18)16-13-6-7-13)17(2)10-12-4-8-14(19-3)9-5-12/h4-5,8-9,11,13H,6-7,10H2,1-3H3,(H,16,18)/t11-/m0/s1. The fraction of sp³-hybridized carbons (Fsp3) is 0.533. The van der Waals surface area contributed by atoms with Crippen molar-refractivity contribution in [2.45, 2.75) is 43.3 Å². The van der Waals surface area contributed by atoms with E-state index in [9.17, 15) is 4.79 Å². The number of thioether (sulfide) groups is 1. The number of likely N-dealkylation sites (N-methyl/N-ethyl adjacent to an activating group) is 1. The lowest BCUT2D eigenvalue weighted by Crippen LogP contribution is -2.43. The van der Waals surface area contributed by atoms with Gasteiger partial charge in [-0.05, 0) is 50.8 Å². The minimum Gasteiger partial charge on any atom is -0.352 e. The van der Waals surface area contributed by atoms with Gasteiger partial charge in [0.15, 0.2) is 0 Å². The Balaban J connectivity index is 1.87. The molecule has 1 amide bonds. The lowest BCUT2D eigenvalue weighted by atomic mass is 10.2. The molecule has 3 nitrogen and oxygen atoms in total. The van der Waals surface area contributed by atoms with E-state index in [2.05, 4.69) is 40.7 Å². The molecule has 1 aromatic rings. The molecule has 1 fully saturated rings. The molecule has 1 aliphatic carbocycles. The molecule has 0 heterocycles. The first-order chi connectivity index (χ1) is 9.10. The minimum absolute atomic E-state index is 0.0826. The summed E-state index contributed by atoms with van der Waals surface area (Å²) in [5.41, 5.74) is 1.24. The number of nitrogens with zero attached hydrogens (tertiary/aromatic N) is 1. The van der Waals surface area contributed by atoms with E-state index in [0.717, 1.165) is 19.4 Å². The number of hydrogen-bond donors (Lipinski definition) is 1. The third kappa shape index (κ3) is 4.25. The summed E-state index contributed by atoms with van der Waals surface area (Å²) in [7, 11) is 2.00. The van der Waals surface area contributed by atoms with Gasteiger partial charge in [0.05, 0.1) is 6.04 Å². The zero-order chi connectivity index (χ0) is 13.8. The monoisotopic (exact) mass is 278 g/mol. The minimum atomic E-state index is -0.0826. The van der Waals surface area contributed by atoms with E-state index in [1.54, 1.807) is 11.8 Å². The van der Waals surface area contributed by atoms with Crippen LogP contribution in [0.3, 0.4) is 0 Å². The summed E-state index contributed by atoms with van der Waals surface area (Å²) >= 11 is 1.74. The Labute approximate surface area is 119 Å². The molecule has 0 radical (unpaired) electrons. The van der Waals surface area contributed by atoms with Crippen molar-refractivity contribution in [3.63, 3.8) is 0 Å². The van der Waals surface area contributed by atoms with Gasteiger partial charge in [-0.15, -0.1) is 11.8 Å². The zero-order valence-electron chi connectivity index (χ0n) is 11.8. The highest BCUT2D eigenvalue weighted by atomic mass is 32.2. The fourth-order valence-corrected chi connectivity index (χ4v) is 2.31. The molecule has 1 aromatic carbocycles. The van der Waals surface area contributed by atoms with Crippen molar-refractivity contribution in [1.29, 1.82) is 0 Å². The van der Waals surface area contributed by atoms with Crippen LogP contribution in [0.1, 0.15) is 25.3 Å². The molecule has 1 N–H and O–H groups in total. The van der Waals surface area contributed by atoms with Crippen LogP contribution in [0.15, 0.2) is 29.2 Å². The van der Waals surface area contributed by atoms with Crippen LogP contribution in [-0.4, -0.2) is 36.2 Å². The van der Waals surface area contributed by atoms with Crippen LogP contribution >= 0.6 is 11.8 Å². The maximum atomic E-state index is 12.0. The Hall–Kier alpha value is -1.00. The van der Waals surface area contributed by atoms with Gasteiger partial charge >= 0.3 is 0 Å². The lowest BCUT2D eigenvalue weighted by Gasteiger charge is -2.24. The van der Waals surface area contributed by atoms with Crippen molar-refractivity contribution in [3.8, 4) is 0 Å². The molecule has 1 aliphatic rings. The Kier molecular flexibility index (Phi) is 4.88.